The summed E-state index contributed by atoms with van der Waals surface area (Å²) in [5.41, 5.74) is -3.91. The Kier molecular flexibility index (Phi) is 8.30. The van der Waals surface area contributed by atoms with E-state index in [2.05, 4.69) is 15.4 Å². The first-order valence-electron chi connectivity index (χ1n) is 13.0. The van der Waals surface area contributed by atoms with Crippen molar-refractivity contribution in [1.82, 2.24) is 18.9 Å². The predicted octanol–water partition coefficient (Wildman–Crippen LogP) is 5.11. The van der Waals surface area contributed by atoms with Crippen LogP contribution in [0.15, 0.2) is 59.6 Å². The van der Waals surface area contributed by atoms with Crippen LogP contribution in [-0.2, 0) is 27.1 Å². The van der Waals surface area contributed by atoms with Gasteiger partial charge >= 0.3 is 12.4 Å². The van der Waals surface area contributed by atoms with Crippen molar-refractivity contribution < 1.29 is 49.0 Å². The number of aromatic nitrogens is 3. The third kappa shape index (κ3) is 6.20. The molecule has 5 rings (SSSR count). The molecule has 17 heteroatoms. The Labute approximate surface area is 246 Å². The fourth-order valence-corrected chi connectivity index (χ4v) is 5.99. The van der Waals surface area contributed by atoms with Gasteiger partial charge < -0.3 is 14.8 Å². The molecule has 1 fully saturated rings. The third-order valence-corrected chi connectivity index (χ3v) is 8.48. The summed E-state index contributed by atoms with van der Waals surface area (Å²) in [6.45, 7) is 2.03. The van der Waals surface area contributed by atoms with Crippen LogP contribution in [0.25, 0.3) is 16.9 Å². The lowest BCUT2D eigenvalue weighted by molar-refractivity contribution is -0.142. The van der Waals surface area contributed by atoms with Gasteiger partial charge in [-0.05, 0) is 43.3 Å². The van der Waals surface area contributed by atoms with Gasteiger partial charge in [-0.2, -0.15) is 35.7 Å². The average molecular weight is 644 g/mol. The first-order chi connectivity index (χ1) is 20.7. The van der Waals surface area contributed by atoms with Gasteiger partial charge in [-0.15, -0.1) is 0 Å². The number of amides is 1. The molecule has 3 heterocycles. The van der Waals surface area contributed by atoms with Gasteiger partial charge in [0.05, 0.1) is 42.2 Å². The quantitative estimate of drug-likeness (QED) is 0.279. The van der Waals surface area contributed by atoms with E-state index < -0.39 is 62.2 Å². The number of hydrogen-bond acceptors (Lipinski definition) is 7. The van der Waals surface area contributed by atoms with Gasteiger partial charge in [0.1, 0.15) is 11.3 Å². The van der Waals surface area contributed by atoms with Crippen molar-refractivity contribution in [1.29, 1.82) is 0 Å². The fourth-order valence-electron chi connectivity index (χ4n) is 4.53. The number of halogens is 6. The van der Waals surface area contributed by atoms with Crippen molar-refractivity contribution in [2.75, 3.05) is 38.2 Å². The van der Waals surface area contributed by atoms with Crippen LogP contribution in [0.2, 0.25) is 0 Å². The van der Waals surface area contributed by atoms with E-state index in [4.69, 9.17) is 9.47 Å². The second kappa shape index (κ2) is 11.7. The predicted molar refractivity (Wildman–Crippen MR) is 144 cm³/mol. The number of alkyl halides is 6. The van der Waals surface area contributed by atoms with Crippen LogP contribution >= 0.6 is 0 Å². The first-order valence-corrected chi connectivity index (χ1v) is 14.4. The molecule has 1 amide bonds. The molecule has 44 heavy (non-hydrogen) atoms. The zero-order chi connectivity index (χ0) is 31.9. The Hall–Kier alpha value is -4.22. The van der Waals surface area contributed by atoms with E-state index in [1.54, 1.807) is 0 Å². The van der Waals surface area contributed by atoms with Gasteiger partial charge in [-0.25, -0.2) is 17.9 Å². The van der Waals surface area contributed by atoms with Gasteiger partial charge in [-0.3, -0.25) is 4.79 Å². The first kappa shape index (κ1) is 31.2. The average Bonchev–Trinajstić information content (AvgIpc) is 3.40. The Morgan fingerprint density at radius 1 is 1.02 bits per heavy atom. The molecule has 1 saturated heterocycles. The molecule has 0 spiro atoms. The summed E-state index contributed by atoms with van der Waals surface area (Å²) in [6, 6.07) is 8.44. The summed E-state index contributed by atoms with van der Waals surface area (Å²) in [5.74, 6) is -1.56. The lowest BCUT2D eigenvalue weighted by Crippen LogP contribution is -2.40. The number of nitrogens with one attached hydrogen (secondary N) is 1. The highest BCUT2D eigenvalue weighted by Gasteiger charge is 2.37. The van der Waals surface area contributed by atoms with E-state index in [9.17, 15) is 39.6 Å². The van der Waals surface area contributed by atoms with Gasteiger partial charge in [0.15, 0.2) is 11.3 Å². The second-order valence-corrected chi connectivity index (χ2v) is 11.4. The third-order valence-electron chi connectivity index (χ3n) is 6.59. The molecule has 10 nitrogen and oxygen atoms in total. The van der Waals surface area contributed by atoms with E-state index in [0.29, 0.717) is 16.6 Å². The minimum Gasteiger partial charge on any atom is -0.493 e. The van der Waals surface area contributed by atoms with Crippen LogP contribution < -0.4 is 10.1 Å². The van der Waals surface area contributed by atoms with Crippen LogP contribution in [0.3, 0.4) is 0 Å². The van der Waals surface area contributed by atoms with Gasteiger partial charge in [0.25, 0.3) is 5.91 Å². The summed E-state index contributed by atoms with van der Waals surface area (Å²) in [5, 5.41) is 6.13. The molecule has 1 aliphatic rings. The Balaban J connectivity index is 1.54. The zero-order valence-corrected chi connectivity index (χ0v) is 23.6. The van der Waals surface area contributed by atoms with Crippen LogP contribution in [0.1, 0.15) is 28.5 Å². The minimum atomic E-state index is -4.99. The standard InChI is InChI=1S/C27H23F6N5O5S/c1-2-43-22-12-16(6-7-20(22)26(28,29)30)21-14-23(27(31,32)33)38-24(36-21)19(15-34-38)25(39)35-17-4-3-5-18(13-17)44(40,41)37-8-10-42-11-9-37/h3-7,12-15H,2,8-11H2,1H3,(H,35,39). The van der Waals surface area contributed by atoms with E-state index in [1.807, 2.05) is 0 Å². The molecular formula is C27H23F6N5O5S. The number of ether oxygens (including phenoxy) is 2. The molecule has 2 aromatic heterocycles. The maximum atomic E-state index is 14.1. The Morgan fingerprint density at radius 3 is 2.41 bits per heavy atom. The lowest BCUT2D eigenvalue weighted by atomic mass is 10.1. The van der Waals surface area contributed by atoms with Crippen LogP contribution in [0.5, 0.6) is 5.75 Å². The van der Waals surface area contributed by atoms with E-state index in [-0.39, 0.29) is 49.1 Å². The molecule has 0 aliphatic carbocycles. The number of rotatable bonds is 7. The number of hydrogen-bond donors (Lipinski definition) is 1. The largest absolute Gasteiger partial charge is 0.493 e. The molecule has 1 aliphatic heterocycles. The Morgan fingerprint density at radius 2 is 1.75 bits per heavy atom. The number of benzene rings is 2. The minimum absolute atomic E-state index is 0.0278. The molecule has 234 valence electrons. The summed E-state index contributed by atoms with van der Waals surface area (Å²) in [6.07, 6.45) is -8.93. The van der Waals surface area contributed by atoms with Gasteiger partial charge in [0.2, 0.25) is 10.0 Å². The SMILES string of the molecule is CCOc1cc(-c2cc(C(F)(F)F)n3ncc(C(=O)Nc4cccc(S(=O)(=O)N5CCOCC5)c4)c3n2)ccc1C(F)(F)F. The summed E-state index contributed by atoms with van der Waals surface area (Å²) in [4.78, 5) is 17.3. The second-order valence-electron chi connectivity index (χ2n) is 9.46. The van der Waals surface area contributed by atoms with Crippen molar-refractivity contribution in [3.8, 4) is 17.0 Å². The topological polar surface area (TPSA) is 115 Å². The summed E-state index contributed by atoms with van der Waals surface area (Å²) in [7, 11) is -3.92. The number of sulfonamides is 1. The van der Waals surface area contributed by atoms with Crippen molar-refractivity contribution >= 4 is 27.3 Å². The fraction of sp³-hybridized carbons (Fsp3) is 0.296. The number of carbonyl (C=O) groups is 1. The van der Waals surface area contributed by atoms with Crippen molar-refractivity contribution in [3.05, 3.63) is 71.5 Å². The zero-order valence-electron chi connectivity index (χ0n) is 22.7. The molecule has 0 saturated carbocycles. The van der Waals surface area contributed by atoms with Crippen molar-refractivity contribution in [2.45, 2.75) is 24.2 Å². The highest BCUT2D eigenvalue weighted by atomic mass is 32.2. The number of anilines is 1. The molecule has 0 atom stereocenters. The van der Waals surface area contributed by atoms with Crippen LogP contribution in [0.4, 0.5) is 32.0 Å². The van der Waals surface area contributed by atoms with Crippen molar-refractivity contribution in [2.24, 2.45) is 0 Å². The smallest absolute Gasteiger partial charge is 0.433 e. The normalized spacial score (nSPS) is 15.0. The molecule has 1 N–H and O–H groups in total. The number of morpholine rings is 1. The molecule has 0 radical (unpaired) electrons. The summed E-state index contributed by atoms with van der Waals surface area (Å²) < 4.78 is 121. The molecular weight excluding hydrogens is 620 g/mol. The number of fused-ring (bicyclic) bond motifs is 1. The number of nitrogens with zero attached hydrogens (tertiary/aromatic N) is 4. The van der Waals surface area contributed by atoms with E-state index >= 15 is 0 Å². The monoisotopic (exact) mass is 643 g/mol. The highest BCUT2D eigenvalue weighted by molar-refractivity contribution is 7.89. The van der Waals surface area contributed by atoms with Crippen LogP contribution in [-0.4, -0.2) is 66.1 Å². The Bertz CT molecular complexity index is 1820. The van der Waals surface area contributed by atoms with E-state index in [0.717, 1.165) is 18.3 Å². The lowest BCUT2D eigenvalue weighted by Gasteiger charge is -2.26. The summed E-state index contributed by atoms with van der Waals surface area (Å²) >= 11 is 0. The maximum absolute atomic E-state index is 14.1. The van der Waals surface area contributed by atoms with E-state index in [1.165, 1.54) is 35.5 Å². The van der Waals surface area contributed by atoms with Gasteiger partial charge in [0, 0.05) is 24.3 Å². The maximum Gasteiger partial charge on any atom is 0.433 e. The van der Waals surface area contributed by atoms with Crippen molar-refractivity contribution in [3.63, 3.8) is 0 Å². The molecule has 2 aromatic carbocycles. The molecule has 0 unspecified atom stereocenters. The number of carbonyl (C=O) groups excluding carboxylic acids is 1. The molecule has 0 bridgehead atoms. The molecule has 4 aromatic rings. The van der Waals surface area contributed by atoms with Crippen LogP contribution in [0, 0.1) is 0 Å². The highest BCUT2D eigenvalue weighted by Crippen LogP contribution is 2.39. The van der Waals surface area contributed by atoms with Gasteiger partial charge in [-0.1, -0.05) is 12.1 Å².